The van der Waals surface area contributed by atoms with Gasteiger partial charge in [0.15, 0.2) is 6.29 Å². The fourth-order valence-corrected chi connectivity index (χ4v) is 1.28. The van der Waals surface area contributed by atoms with E-state index in [-0.39, 0.29) is 6.29 Å². The lowest BCUT2D eigenvalue weighted by atomic mass is 10.1. The van der Waals surface area contributed by atoms with E-state index in [1.165, 1.54) is 12.8 Å². The van der Waals surface area contributed by atoms with E-state index in [1.807, 2.05) is 6.92 Å². The van der Waals surface area contributed by atoms with E-state index in [1.54, 1.807) is 0 Å². The van der Waals surface area contributed by atoms with Crippen molar-refractivity contribution in [2.45, 2.75) is 45.5 Å². The zero-order chi connectivity index (χ0) is 7.40. The Morgan fingerprint density at radius 3 is 2.90 bits per heavy atom. The summed E-state index contributed by atoms with van der Waals surface area (Å²) in [6, 6.07) is 0. The molecule has 10 heavy (non-hydrogen) atoms. The summed E-state index contributed by atoms with van der Waals surface area (Å²) in [5, 5.41) is 0. The lowest BCUT2D eigenvalue weighted by Gasteiger charge is -2.27. The van der Waals surface area contributed by atoms with Crippen LogP contribution in [0.5, 0.6) is 0 Å². The van der Waals surface area contributed by atoms with Gasteiger partial charge in [0.05, 0.1) is 12.7 Å². The zero-order valence-corrected chi connectivity index (χ0v) is 6.80. The normalized spacial score (nSPS) is 34.2. The minimum absolute atomic E-state index is 0.0188. The maximum Gasteiger partial charge on any atom is 0.155 e. The minimum atomic E-state index is 0.0188. The van der Waals surface area contributed by atoms with Crippen molar-refractivity contribution in [3.05, 3.63) is 0 Å². The van der Waals surface area contributed by atoms with Crippen LogP contribution in [0.3, 0.4) is 0 Å². The van der Waals surface area contributed by atoms with Crippen LogP contribution < -0.4 is 0 Å². The monoisotopic (exact) mass is 144 g/mol. The third kappa shape index (κ3) is 2.27. The van der Waals surface area contributed by atoms with Crippen molar-refractivity contribution in [2.75, 3.05) is 6.61 Å². The first-order valence-corrected chi connectivity index (χ1v) is 4.10. The fourth-order valence-electron chi connectivity index (χ4n) is 1.28. The molecule has 0 aromatic carbocycles. The highest BCUT2D eigenvalue weighted by Crippen LogP contribution is 2.15. The Balaban J connectivity index is 2.18. The first-order valence-electron chi connectivity index (χ1n) is 4.10. The Morgan fingerprint density at radius 2 is 2.30 bits per heavy atom. The molecule has 1 fully saturated rings. The quantitative estimate of drug-likeness (QED) is 0.589. The molecular weight excluding hydrogens is 128 g/mol. The summed E-state index contributed by atoms with van der Waals surface area (Å²) < 4.78 is 10.7. The van der Waals surface area contributed by atoms with Crippen LogP contribution in [-0.4, -0.2) is 19.0 Å². The highest BCUT2D eigenvalue weighted by Gasteiger charge is 2.17. The summed E-state index contributed by atoms with van der Waals surface area (Å²) in [7, 11) is 0. The summed E-state index contributed by atoms with van der Waals surface area (Å²) in [6.45, 7) is 5.01. The molecule has 0 spiro atoms. The van der Waals surface area contributed by atoms with Gasteiger partial charge in [0, 0.05) is 0 Å². The van der Waals surface area contributed by atoms with E-state index >= 15 is 0 Å². The van der Waals surface area contributed by atoms with Gasteiger partial charge in [0.25, 0.3) is 0 Å². The maximum absolute atomic E-state index is 5.50. The van der Waals surface area contributed by atoms with Crippen molar-refractivity contribution < 1.29 is 9.47 Å². The van der Waals surface area contributed by atoms with Crippen LogP contribution in [-0.2, 0) is 9.47 Å². The molecule has 0 aromatic rings. The van der Waals surface area contributed by atoms with Crippen LogP contribution in [0, 0.1) is 0 Å². The molecule has 1 heterocycles. The van der Waals surface area contributed by atoms with Crippen molar-refractivity contribution in [2.24, 2.45) is 0 Å². The molecule has 0 N–H and O–H groups in total. The number of hydrogen-bond acceptors (Lipinski definition) is 2. The summed E-state index contributed by atoms with van der Waals surface area (Å²) in [5.74, 6) is 0. The van der Waals surface area contributed by atoms with E-state index < -0.39 is 0 Å². The molecule has 0 aliphatic carbocycles. The van der Waals surface area contributed by atoms with Gasteiger partial charge in [-0.05, 0) is 19.8 Å². The second-order valence-corrected chi connectivity index (χ2v) is 2.77. The third-order valence-electron chi connectivity index (χ3n) is 1.79. The lowest BCUT2D eigenvalue weighted by Crippen LogP contribution is -2.29. The van der Waals surface area contributed by atoms with Gasteiger partial charge in [-0.25, -0.2) is 0 Å². The van der Waals surface area contributed by atoms with Crippen molar-refractivity contribution in [1.82, 2.24) is 0 Å². The van der Waals surface area contributed by atoms with Gasteiger partial charge in [-0.3, -0.25) is 0 Å². The Morgan fingerprint density at radius 1 is 1.50 bits per heavy atom. The molecule has 2 heteroatoms. The smallest absolute Gasteiger partial charge is 0.155 e. The molecule has 1 saturated heterocycles. The highest BCUT2D eigenvalue weighted by atomic mass is 16.7. The number of rotatable bonds is 2. The summed E-state index contributed by atoms with van der Waals surface area (Å²) in [4.78, 5) is 0. The van der Waals surface area contributed by atoms with Crippen LogP contribution in [0.25, 0.3) is 0 Å². The zero-order valence-electron chi connectivity index (χ0n) is 6.80. The van der Waals surface area contributed by atoms with E-state index in [4.69, 9.17) is 9.47 Å². The third-order valence-corrected chi connectivity index (χ3v) is 1.79. The first-order chi connectivity index (χ1) is 4.83. The second-order valence-electron chi connectivity index (χ2n) is 2.77. The molecule has 2 nitrogen and oxygen atoms in total. The Hall–Kier alpha value is -0.0800. The average Bonchev–Trinajstić information content (AvgIpc) is 1.88. The molecule has 2 atom stereocenters. The predicted molar refractivity (Wildman–Crippen MR) is 39.8 cm³/mol. The van der Waals surface area contributed by atoms with Crippen molar-refractivity contribution in [3.8, 4) is 0 Å². The van der Waals surface area contributed by atoms with Gasteiger partial charge in [0.2, 0.25) is 0 Å². The second kappa shape index (κ2) is 3.94. The van der Waals surface area contributed by atoms with E-state index in [2.05, 4.69) is 6.92 Å². The lowest BCUT2D eigenvalue weighted by molar-refractivity contribution is -0.203. The SMILES string of the molecule is CCCC1CCOC(C)O1. The average molecular weight is 144 g/mol. The molecule has 0 aromatic heterocycles. The highest BCUT2D eigenvalue weighted by molar-refractivity contribution is 4.61. The molecule has 0 saturated carbocycles. The van der Waals surface area contributed by atoms with E-state index in [0.29, 0.717) is 6.10 Å². The van der Waals surface area contributed by atoms with Crippen LogP contribution in [0.1, 0.15) is 33.1 Å². The molecule has 0 bridgehead atoms. The van der Waals surface area contributed by atoms with E-state index in [9.17, 15) is 0 Å². The van der Waals surface area contributed by atoms with Crippen molar-refractivity contribution in [3.63, 3.8) is 0 Å². The standard InChI is InChI=1S/C8H16O2/c1-3-4-8-5-6-9-7(2)10-8/h7-8H,3-6H2,1-2H3. The van der Waals surface area contributed by atoms with Gasteiger partial charge < -0.3 is 9.47 Å². The van der Waals surface area contributed by atoms with Gasteiger partial charge in [-0.2, -0.15) is 0 Å². The largest absolute Gasteiger partial charge is 0.353 e. The fraction of sp³-hybridized carbons (Fsp3) is 1.00. The first kappa shape index (κ1) is 8.02. The molecule has 1 aliphatic heterocycles. The molecule has 1 aliphatic rings. The van der Waals surface area contributed by atoms with Crippen molar-refractivity contribution >= 4 is 0 Å². The van der Waals surface area contributed by atoms with Crippen LogP contribution >= 0.6 is 0 Å². The number of hydrogen-bond donors (Lipinski definition) is 0. The topological polar surface area (TPSA) is 18.5 Å². The van der Waals surface area contributed by atoms with Crippen LogP contribution in [0.4, 0.5) is 0 Å². The summed E-state index contributed by atoms with van der Waals surface area (Å²) >= 11 is 0. The molecule has 2 unspecified atom stereocenters. The van der Waals surface area contributed by atoms with Gasteiger partial charge in [-0.15, -0.1) is 0 Å². The van der Waals surface area contributed by atoms with Gasteiger partial charge in [-0.1, -0.05) is 13.3 Å². The predicted octanol–water partition coefficient (Wildman–Crippen LogP) is 1.94. The van der Waals surface area contributed by atoms with Crippen molar-refractivity contribution in [1.29, 1.82) is 0 Å². The van der Waals surface area contributed by atoms with Gasteiger partial charge >= 0.3 is 0 Å². The molecule has 1 rings (SSSR count). The Labute approximate surface area is 62.5 Å². The maximum atomic E-state index is 5.50. The summed E-state index contributed by atoms with van der Waals surface area (Å²) in [6.07, 6.45) is 3.92. The molecule has 60 valence electrons. The van der Waals surface area contributed by atoms with Gasteiger partial charge in [0.1, 0.15) is 0 Å². The summed E-state index contributed by atoms with van der Waals surface area (Å²) in [5.41, 5.74) is 0. The van der Waals surface area contributed by atoms with Crippen LogP contribution in [0.15, 0.2) is 0 Å². The number of ether oxygens (including phenoxy) is 2. The van der Waals surface area contributed by atoms with Crippen LogP contribution in [0.2, 0.25) is 0 Å². The molecular formula is C8H16O2. The Bertz CT molecular complexity index is 91.3. The Kier molecular flexibility index (Phi) is 3.16. The minimum Gasteiger partial charge on any atom is -0.353 e. The van der Waals surface area contributed by atoms with E-state index in [0.717, 1.165) is 13.0 Å². The molecule has 0 amide bonds. The molecule has 0 radical (unpaired) electrons.